The zero-order valence-electron chi connectivity index (χ0n) is 22.5. The Morgan fingerprint density at radius 3 is 2.77 bits per heavy atom. The number of aromatic amines is 1. The summed E-state index contributed by atoms with van der Waals surface area (Å²) in [7, 11) is 1.92. The Bertz CT molecular complexity index is 1730. The molecule has 11 heteroatoms. The second-order valence-electron chi connectivity index (χ2n) is 11.3. The van der Waals surface area contributed by atoms with Gasteiger partial charge in [0, 0.05) is 44.6 Å². The summed E-state index contributed by atoms with van der Waals surface area (Å²) in [5, 5.41) is 12.1. The van der Waals surface area contributed by atoms with Crippen molar-refractivity contribution in [3.05, 3.63) is 66.0 Å². The molecule has 1 saturated heterocycles. The van der Waals surface area contributed by atoms with Crippen molar-refractivity contribution in [2.45, 2.75) is 38.1 Å². The van der Waals surface area contributed by atoms with Crippen molar-refractivity contribution in [1.29, 1.82) is 0 Å². The summed E-state index contributed by atoms with van der Waals surface area (Å²) < 4.78 is 1.80. The van der Waals surface area contributed by atoms with Crippen LogP contribution < -0.4 is 15.5 Å². The molecule has 0 saturated carbocycles. The molecule has 0 amide bonds. The van der Waals surface area contributed by atoms with Crippen molar-refractivity contribution in [2.24, 2.45) is 18.2 Å². The average molecular weight is 534 g/mol. The monoisotopic (exact) mass is 533 g/mol. The van der Waals surface area contributed by atoms with Crippen molar-refractivity contribution < 1.29 is 0 Å². The molecule has 1 atom stereocenters. The minimum Gasteiger partial charge on any atom is -0.355 e. The molecule has 0 radical (unpaired) electrons. The van der Waals surface area contributed by atoms with E-state index in [0.29, 0.717) is 5.65 Å². The summed E-state index contributed by atoms with van der Waals surface area (Å²) >= 11 is 0. The van der Waals surface area contributed by atoms with Crippen LogP contribution in [0.5, 0.6) is 0 Å². The van der Waals surface area contributed by atoms with Gasteiger partial charge < -0.3 is 15.5 Å². The molecule has 3 aliphatic rings. The van der Waals surface area contributed by atoms with E-state index < -0.39 is 0 Å². The second kappa shape index (κ2) is 8.82. The Balaban J connectivity index is 1.03. The summed E-state index contributed by atoms with van der Waals surface area (Å²) in [6, 6.07) is 8.38. The number of nitrogens with two attached hydrogens (primary N) is 1. The normalized spacial score (nSPS) is 19.8. The van der Waals surface area contributed by atoms with E-state index in [-0.39, 0.29) is 11.5 Å². The van der Waals surface area contributed by atoms with Crippen LogP contribution >= 0.6 is 0 Å². The van der Waals surface area contributed by atoms with E-state index >= 15 is 0 Å². The Hall–Kier alpha value is -4.38. The van der Waals surface area contributed by atoms with Gasteiger partial charge in [0.1, 0.15) is 5.82 Å². The number of aromatic nitrogens is 8. The van der Waals surface area contributed by atoms with E-state index in [4.69, 9.17) is 20.7 Å². The number of hydrogen-bond donors (Lipinski definition) is 2. The van der Waals surface area contributed by atoms with Gasteiger partial charge in [-0.1, -0.05) is 6.07 Å². The van der Waals surface area contributed by atoms with Gasteiger partial charge in [0.2, 0.25) is 0 Å². The van der Waals surface area contributed by atoms with Crippen LogP contribution in [0.1, 0.15) is 42.3 Å². The third-order valence-electron chi connectivity index (χ3n) is 9.04. The molecule has 11 nitrogen and oxygen atoms in total. The summed E-state index contributed by atoms with van der Waals surface area (Å²) in [4.78, 5) is 23.9. The van der Waals surface area contributed by atoms with Crippen LogP contribution in [0.25, 0.3) is 22.4 Å². The lowest BCUT2D eigenvalue weighted by Gasteiger charge is -2.42. The van der Waals surface area contributed by atoms with E-state index in [2.05, 4.69) is 48.3 Å². The number of H-pyrrole nitrogens is 1. The maximum absolute atomic E-state index is 6.73. The lowest BCUT2D eigenvalue weighted by atomic mass is 9.73. The quantitative estimate of drug-likeness (QED) is 0.358. The zero-order chi connectivity index (χ0) is 26.8. The SMILES string of the molecule is Cn1cc(-c2ccc3c(n2)CCCN3c2n[nH]c3nc(N4CCC5(CC4)Cc4cccnc4C5N)cnc23)cn1. The first kappa shape index (κ1) is 23.5. The Labute approximate surface area is 231 Å². The molecule has 0 bridgehead atoms. The largest absolute Gasteiger partial charge is 0.355 e. The average Bonchev–Trinajstić information content (AvgIpc) is 3.69. The molecule has 8 rings (SSSR count). The fourth-order valence-corrected chi connectivity index (χ4v) is 6.83. The van der Waals surface area contributed by atoms with E-state index in [9.17, 15) is 0 Å². The molecule has 2 aliphatic heterocycles. The summed E-state index contributed by atoms with van der Waals surface area (Å²) in [5.41, 5.74) is 14.8. The van der Waals surface area contributed by atoms with E-state index in [1.165, 1.54) is 5.56 Å². The van der Waals surface area contributed by atoms with Crippen LogP contribution in [0.2, 0.25) is 0 Å². The van der Waals surface area contributed by atoms with Gasteiger partial charge in [-0.05, 0) is 61.3 Å². The van der Waals surface area contributed by atoms with Crippen LogP contribution in [-0.4, -0.2) is 59.5 Å². The van der Waals surface area contributed by atoms with E-state index in [1.807, 2.05) is 37.9 Å². The summed E-state index contributed by atoms with van der Waals surface area (Å²) in [5.74, 6) is 1.67. The molecule has 5 aromatic heterocycles. The van der Waals surface area contributed by atoms with Gasteiger partial charge in [-0.25, -0.2) is 9.97 Å². The van der Waals surface area contributed by atoms with Crippen molar-refractivity contribution in [3.8, 4) is 11.3 Å². The van der Waals surface area contributed by atoms with Crippen molar-refractivity contribution in [1.82, 2.24) is 39.9 Å². The maximum atomic E-state index is 6.73. The third-order valence-corrected chi connectivity index (χ3v) is 9.04. The zero-order valence-corrected chi connectivity index (χ0v) is 22.5. The van der Waals surface area contributed by atoms with Crippen molar-refractivity contribution in [3.63, 3.8) is 0 Å². The van der Waals surface area contributed by atoms with Crippen LogP contribution in [0, 0.1) is 5.41 Å². The smallest absolute Gasteiger partial charge is 0.183 e. The molecule has 40 heavy (non-hydrogen) atoms. The molecule has 1 unspecified atom stereocenters. The standard InChI is InChI=1S/C29H31N11/c1-38-17-19(15-33-38)20-6-7-22-21(34-20)5-3-11-40(22)28-25-27(36-37-28)35-23(16-32-25)39-12-8-29(9-13-39)14-18-4-2-10-31-24(18)26(29)30/h2,4,6-7,10,15-17,26H,3,5,8-9,11-14,30H2,1H3,(H,35,36,37). The highest BCUT2D eigenvalue weighted by Gasteiger charge is 2.46. The Kier molecular flexibility index (Phi) is 5.18. The minimum absolute atomic E-state index is 0.00284. The van der Waals surface area contributed by atoms with Crippen molar-refractivity contribution >= 4 is 28.5 Å². The number of nitrogens with zero attached hydrogens (tertiary/aromatic N) is 9. The van der Waals surface area contributed by atoms with Crippen LogP contribution in [0.3, 0.4) is 0 Å². The highest BCUT2D eigenvalue weighted by Crippen LogP contribution is 2.50. The number of hydrogen-bond acceptors (Lipinski definition) is 9. The predicted molar refractivity (Wildman–Crippen MR) is 152 cm³/mol. The third kappa shape index (κ3) is 3.60. The molecule has 7 heterocycles. The number of fused-ring (bicyclic) bond motifs is 3. The topological polar surface area (TPSA) is 131 Å². The minimum atomic E-state index is -0.00284. The molecule has 3 N–H and O–H groups in total. The molecule has 0 aromatic carbocycles. The summed E-state index contributed by atoms with van der Waals surface area (Å²) in [6.07, 6.45) is 12.5. The Morgan fingerprint density at radius 1 is 1.05 bits per heavy atom. The van der Waals surface area contributed by atoms with Crippen molar-refractivity contribution in [2.75, 3.05) is 29.4 Å². The first-order valence-corrected chi connectivity index (χ1v) is 14.0. The fraction of sp³-hybridized carbons (Fsp3) is 0.379. The molecule has 1 spiro atoms. The highest BCUT2D eigenvalue weighted by molar-refractivity contribution is 5.87. The maximum Gasteiger partial charge on any atom is 0.183 e. The first-order valence-electron chi connectivity index (χ1n) is 14.0. The van der Waals surface area contributed by atoms with Crippen LogP contribution in [-0.2, 0) is 19.9 Å². The van der Waals surface area contributed by atoms with Gasteiger partial charge in [0.25, 0.3) is 0 Å². The summed E-state index contributed by atoms with van der Waals surface area (Å²) in [6.45, 7) is 2.65. The van der Waals surface area contributed by atoms with E-state index in [1.54, 1.807) is 4.68 Å². The van der Waals surface area contributed by atoms with Gasteiger partial charge in [0.15, 0.2) is 17.0 Å². The number of pyridine rings is 2. The molecular formula is C29H31N11. The Morgan fingerprint density at radius 2 is 1.95 bits per heavy atom. The van der Waals surface area contributed by atoms with Gasteiger partial charge in [-0.15, -0.1) is 0 Å². The van der Waals surface area contributed by atoms with Gasteiger partial charge in [0.05, 0.1) is 41.2 Å². The predicted octanol–water partition coefficient (Wildman–Crippen LogP) is 3.47. The molecule has 5 aromatic rings. The number of nitrogens with one attached hydrogen (secondary N) is 1. The number of rotatable bonds is 3. The van der Waals surface area contributed by atoms with Gasteiger partial charge >= 0.3 is 0 Å². The number of piperidine rings is 1. The van der Waals surface area contributed by atoms with Crippen LogP contribution in [0.4, 0.5) is 17.3 Å². The molecule has 1 aliphatic carbocycles. The lowest BCUT2D eigenvalue weighted by Crippen LogP contribution is -2.44. The van der Waals surface area contributed by atoms with Gasteiger partial charge in [-0.3, -0.25) is 19.7 Å². The molecule has 202 valence electrons. The number of aryl methyl sites for hydroxylation is 2. The lowest BCUT2D eigenvalue weighted by molar-refractivity contribution is 0.186. The molecular weight excluding hydrogens is 502 g/mol. The second-order valence-corrected chi connectivity index (χ2v) is 11.3. The van der Waals surface area contributed by atoms with E-state index in [0.717, 1.165) is 97.2 Å². The number of anilines is 3. The fourth-order valence-electron chi connectivity index (χ4n) is 6.83. The highest BCUT2D eigenvalue weighted by atomic mass is 15.3. The van der Waals surface area contributed by atoms with Crippen LogP contribution in [0.15, 0.2) is 49.1 Å². The first-order chi connectivity index (χ1) is 19.6. The van der Waals surface area contributed by atoms with Gasteiger partial charge in [-0.2, -0.15) is 10.2 Å². The molecule has 1 fully saturated rings.